The van der Waals surface area contributed by atoms with Gasteiger partial charge in [0.15, 0.2) is 0 Å². The molecule has 2 nitrogen and oxygen atoms in total. The Morgan fingerprint density at radius 3 is 2.78 bits per heavy atom. The van der Waals surface area contributed by atoms with Crippen molar-refractivity contribution in [1.82, 2.24) is 0 Å². The van der Waals surface area contributed by atoms with Crippen LogP contribution in [0.2, 0.25) is 0 Å². The van der Waals surface area contributed by atoms with Crippen molar-refractivity contribution in [3.8, 4) is 0 Å². The second-order valence-electron chi connectivity index (χ2n) is 3.60. The van der Waals surface area contributed by atoms with E-state index >= 15 is 0 Å². The number of nitrogens with one attached hydrogen (secondary N) is 1. The molecule has 0 aliphatic heterocycles. The maximum Gasteiger partial charge on any atom is 0.146 e. The third kappa shape index (κ3) is 3.07. The standard InChI is InChI=1S/C12H10BrFN2S2/c13-8-3-4-18-11(8)6-16-10-2-1-7(12(15)17)5-9(10)14/h1-5,16H,6H2,(H2,15,17). The summed E-state index contributed by atoms with van der Waals surface area (Å²) in [5.74, 6) is -0.354. The first-order valence-corrected chi connectivity index (χ1v) is 7.21. The van der Waals surface area contributed by atoms with E-state index < -0.39 is 0 Å². The van der Waals surface area contributed by atoms with Crippen LogP contribution in [0.1, 0.15) is 10.4 Å². The summed E-state index contributed by atoms with van der Waals surface area (Å²) >= 11 is 9.84. The van der Waals surface area contributed by atoms with Gasteiger partial charge in [-0.3, -0.25) is 0 Å². The van der Waals surface area contributed by atoms with E-state index in [-0.39, 0.29) is 10.8 Å². The molecular formula is C12H10BrFN2S2. The van der Waals surface area contributed by atoms with Gasteiger partial charge in [-0.25, -0.2) is 4.39 Å². The molecule has 3 N–H and O–H groups in total. The quantitative estimate of drug-likeness (QED) is 0.826. The summed E-state index contributed by atoms with van der Waals surface area (Å²) in [7, 11) is 0. The van der Waals surface area contributed by atoms with E-state index in [2.05, 4.69) is 21.2 Å². The topological polar surface area (TPSA) is 38.0 Å². The molecular weight excluding hydrogens is 335 g/mol. The van der Waals surface area contributed by atoms with Crippen molar-refractivity contribution in [2.24, 2.45) is 5.73 Å². The predicted octanol–water partition coefficient (Wildman–Crippen LogP) is 3.90. The van der Waals surface area contributed by atoms with Crippen LogP contribution >= 0.6 is 39.5 Å². The van der Waals surface area contributed by atoms with Gasteiger partial charge in [0.2, 0.25) is 0 Å². The average Bonchev–Trinajstić information content (AvgIpc) is 2.73. The van der Waals surface area contributed by atoms with Gasteiger partial charge in [0, 0.05) is 14.9 Å². The Hall–Kier alpha value is -0.980. The van der Waals surface area contributed by atoms with E-state index in [0.29, 0.717) is 17.8 Å². The molecule has 1 aromatic carbocycles. The molecule has 2 aromatic rings. The normalized spacial score (nSPS) is 10.3. The predicted molar refractivity (Wildman–Crippen MR) is 81.6 cm³/mol. The van der Waals surface area contributed by atoms with E-state index in [4.69, 9.17) is 18.0 Å². The van der Waals surface area contributed by atoms with Crippen molar-refractivity contribution in [1.29, 1.82) is 0 Å². The zero-order valence-electron chi connectivity index (χ0n) is 9.24. The second kappa shape index (κ2) is 5.77. The summed E-state index contributed by atoms with van der Waals surface area (Å²) < 4.78 is 14.8. The number of hydrogen-bond acceptors (Lipinski definition) is 3. The van der Waals surface area contributed by atoms with Crippen molar-refractivity contribution < 1.29 is 4.39 Å². The maximum absolute atomic E-state index is 13.8. The lowest BCUT2D eigenvalue weighted by Crippen LogP contribution is -2.10. The number of hydrogen-bond donors (Lipinski definition) is 2. The van der Waals surface area contributed by atoms with Gasteiger partial charge < -0.3 is 11.1 Å². The first kappa shape index (κ1) is 13.5. The van der Waals surface area contributed by atoms with Crippen molar-refractivity contribution in [2.75, 3.05) is 5.32 Å². The molecule has 0 radical (unpaired) electrons. The number of thiocarbonyl (C=S) groups is 1. The van der Waals surface area contributed by atoms with Crippen LogP contribution in [0.25, 0.3) is 0 Å². The monoisotopic (exact) mass is 344 g/mol. The van der Waals surface area contributed by atoms with E-state index in [1.54, 1.807) is 23.5 Å². The van der Waals surface area contributed by atoms with E-state index in [1.165, 1.54) is 6.07 Å². The molecule has 0 spiro atoms. The van der Waals surface area contributed by atoms with Gasteiger partial charge in [0.05, 0.1) is 12.2 Å². The van der Waals surface area contributed by atoms with Gasteiger partial charge in [0.25, 0.3) is 0 Å². The van der Waals surface area contributed by atoms with Crippen LogP contribution in [-0.2, 0) is 6.54 Å². The van der Waals surface area contributed by atoms with Crippen LogP contribution in [-0.4, -0.2) is 4.99 Å². The van der Waals surface area contributed by atoms with Crippen LogP contribution in [0.15, 0.2) is 34.1 Å². The van der Waals surface area contributed by atoms with Gasteiger partial charge in [-0.15, -0.1) is 11.3 Å². The number of rotatable bonds is 4. The van der Waals surface area contributed by atoms with Gasteiger partial charge in [-0.1, -0.05) is 12.2 Å². The smallest absolute Gasteiger partial charge is 0.146 e. The molecule has 0 amide bonds. The molecule has 0 unspecified atom stereocenters. The lowest BCUT2D eigenvalue weighted by Gasteiger charge is -2.08. The Morgan fingerprint density at radius 2 is 2.22 bits per heavy atom. The number of nitrogens with two attached hydrogens (primary N) is 1. The van der Waals surface area contributed by atoms with Crippen molar-refractivity contribution in [2.45, 2.75) is 6.54 Å². The Balaban J connectivity index is 2.11. The van der Waals surface area contributed by atoms with Gasteiger partial charge in [-0.2, -0.15) is 0 Å². The minimum Gasteiger partial charge on any atom is -0.389 e. The Labute approximate surface area is 122 Å². The van der Waals surface area contributed by atoms with Crippen LogP contribution < -0.4 is 11.1 Å². The first-order valence-electron chi connectivity index (χ1n) is 5.13. The molecule has 0 aliphatic rings. The highest BCUT2D eigenvalue weighted by Gasteiger charge is 2.06. The van der Waals surface area contributed by atoms with Crippen LogP contribution in [0.3, 0.4) is 0 Å². The number of anilines is 1. The van der Waals surface area contributed by atoms with Crippen LogP contribution in [0.5, 0.6) is 0 Å². The summed E-state index contributed by atoms with van der Waals surface area (Å²) in [6.45, 7) is 0.571. The average molecular weight is 345 g/mol. The first-order chi connectivity index (χ1) is 8.58. The number of halogens is 2. The lowest BCUT2D eigenvalue weighted by atomic mass is 10.2. The summed E-state index contributed by atoms with van der Waals surface area (Å²) in [6.07, 6.45) is 0. The molecule has 1 aromatic heterocycles. The molecule has 0 fully saturated rings. The molecule has 18 heavy (non-hydrogen) atoms. The highest BCUT2D eigenvalue weighted by Crippen LogP contribution is 2.24. The largest absolute Gasteiger partial charge is 0.389 e. The lowest BCUT2D eigenvalue weighted by molar-refractivity contribution is 0.630. The highest BCUT2D eigenvalue weighted by atomic mass is 79.9. The molecule has 0 saturated heterocycles. The second-order valence-corrected chi connectivity index (χ2v) is 5.90. The molecule has 94 valence electrons. The SMILES string of the molecule is NC(=S)c1ccc(NCc2sccc2Br)c(F)c1. The maximum atomic E-state index is 13.8. The molecule has 0 bridgehead atoms. The van der Waals surface area contributed by atoms with Crippen LogP contribution in [0, 0.1) is 5.82 Å². The number of benzene rings is 1. The summed E-state index contributed by atoms with van der Waals surface area (Å²) in [5, 5.41) is 5.02. The Morgan fingerprint density at radius 1 is 1.44 bits per heavy atom. The van der Waals surface area contributed by atoms with Gasteiger partial charge in [0.1, 0.15) is 10.8 Å². The minimum absolute atomic E-state index is 0.196. The van der Waals surface area contributed by atoms with Crippen molar-refractivity contribution in [3.05, 3.63) is 50.4 Å². The van der Waals surface area contributed by atoms with Gasteiger partial charge in [-0.05, 0) is 45.6 Å². The molecule has 1 heterocycles. The van der Waals surface area contributed by atoms with Crippen LogP contribution in [0.4, 0.5) is 10.1 Å². The Bertz CT molecular complexity index is 583. The van der Waals surface area contributed by atoms with E-state index in [1.807, 2.05) is 11.4 Å². The molecule has 0 aliphatic carbocycles. The molecule has 0 saturated carbocycles. The minimum atomic E-state index is -0.354. The van der Waals surface area contributed by atoms with Gasteiger partial charge >= 0.3 is 0 Å². The number of thiophene rings is 1. The zero-order valence-corrected chi connectivity index (χ0v) is 12.5. The van der Waals surface area contributed by atoms with Crippen molar-refractivity contribution in [3.63, 3.8) is 0 Å². The third-order valence-corrected chi connectivity index (χ3v) is 4.55. The van der Waals surface area contributed by atoms with E-state index in [0.717, 1.165) is 9.35 Å². The fourth-order valence-corrected chi connectivity index (χ4v) is 3.00. The zero-order chi connectivity index (χ0) is 13.1. The fraction of sp³-hybridized carbons (Fsp3) is 0.0833. The molecule has 0 atom stereocenters. The highest BCUT2D eigenvalue weighted by molar-refractivity contribution is 9.10. The molecule has 6 heteroatoms. The Kier molecular flexibility index (Phi) is 4.31. The third-order valence-electron chi connectivity index (χ3n) is 2.38. The van der Waals surface area contributed by atoms with Crippen molar-refractivity contribution >= 4 is 50.2 Å². The summed E-state index contributed by atoms with van der Waals surface area (Å²) in [6, 6.07) is 6.66. The summed E-state index contributed by atoms with van der Waals surface area (Å²) in [4.78, 5) is 1.31. The summed E-state index contributed by atoms with van der Waals surface area (Å²) in [5.41, 5.74) is 6.42. The molecule has 2 rings (SSSR count). The fourth-order valence-electron chi connectivity index (χ4n) is 1.44. The van der Waals surface area contributed by atoms with E-state index in [9.17, 15) is 4.39 Å².